The van der Waals surface area contributed by atoms with Crippen LogP contribution in [0.3, 0.4) is 0 Å². The van der Waals surface area contributed by atoms with E-state index in [0.717, 1.165) is 17.9 Å². The third-order valence-electron chi connectivity index (χ3n) is 5.36. The van der Waals surface area contributed by atoms with Gasteiger partial charge in [-0.25, -0.2) is 0 Å². The molecular formula is C27H45NS. The highest BCUT2D eigenvalue weighted by molar-refractivity contribution is 7.99. The predicted octanol–water partition coefficient (Wildman–Crippen LogP) is 8.42. The average Bonchev–Trinajstić information content (AvgIpc) is 2.98. The highest BCUT2D eigenvalue weighted by atomic mass is 32.2. The largest absolute Gasteiger partial charge is 0.405 e. The van der Waals surface area contributed by atoms with Gasteiger partial charge in [0.15, 0.2) is 0 Å². The first-order valence-electron chi connectivity index (χ1n) is 11.1. The van der Waals surface area contributed by atoms with E-state index in [2.05, 4.69) is 82.6 Å². The summed E-state index contributed by atoms with van der Waals surface area (Å²) in [6, 6.07) is 8.57. The van der Waals surface area contributed by atoms with Gasteiger partial charge >= 0.3 is 0 Å². The zero-order valence-corrected chi connectivity index (χ0v) is 20.5. The Kier molecular flexibility index (Phi) is 16.6. The van der Waals surface area contributed by atoms with Crippen LogP contribution in [0.2, 0.25) is 0 Å². The number of thioether (sulfide) groups is 1. The lowest BCUT2D eigenvalue weighted by Crippen LogP contribution is -2.03. The molecule has 29 heavy (non-hydrogen) atoms. The van der Waals surface area contributed by atoms with Gasteiger partial charge in [-0.3, -0.25) is 0 Å². The van der Waals surface area contributed by atoms with Crippen LogP contribution < -0.4 is 5.73 Å². The summed E-state index contributed by atoms with van der Waals surface area (Å²) in [6.45, 7) is 17.9. The van der Waals surface area contributed by atoms with E-state index in [4.69, 9.17) is 0 Å². The summed E-state index contributed by atoms with van der Waals surface area (Å²) in [7, 11) is 0. The van der Waals surface area contributed by atoms with Gasteiger partial charge in [-0.1, -0.05) is 86.7 Å². The van der Waals surface area contributed by atoms with Gasteiger partial charge in [0, 0.05) is 5.75 Å². The van der Waals surface area contributed by atoms with Crippen LogP contribution in [-0.4, -0.2) is 11.5 Å². The van der Waals surface area contributed by atoms with Crippen molar-refractivity contribution < 1.29 is 0 Å². The van der Waals surface area contributed by atoms with Crippen LogP contribution in [0, 0.1) is 5.92 Å². The van der Waals surface area contributed by atoms with Crippen LogP contribution in [0.1, 0.15) is 84.3 Å². The van der Waals surface area contributed by atoms with Gasteiger partial charge in [0.05, 0.1) is 0 Å². The van der Waals surface area contributed by atoms with Crippen molar-refractivity contribution in [2.75, 3.05) is 11.5 Å². The molecule has 0 radical (unpaired) electrons. The van der Waals surface area contributed by atoms with Crippen molar-refractivity contribution in [3.8, 4) is 0 Å². The van der Waals surface area contributed by atoms with E-state index in [9.17, 15) is 0 Å². The van der Waals surface area contributed by atoms with Gasteiger partial charge in [-0.2, -0.15) is 11.8 Å². The number of hydrogen-bond donors (Lipinski definition) is 1. The van der Waals surface area contributed by atoms with Crippen molar-refractivity contribution >= 4 is 17.3 Å². The highest BCUT2D eigenvalue weighted by Gasteiger charge is 2.11. The fraction of sp³-hybridized carbons (Fsp3) is 0.556. The number of nitrogens with two attached hydrogens (primary N) is 1. The van der Waals surface area contributed by atoms with E-state index in [0.29, 0.717) is 0 Å². The molecule has 1 nitrogen and oxygen atoms in total. The van der Waals surface area contributed by atoms with Crippen molar-refractivity contribution in [2.45, 2.75) is 79.6 Å². The van der Waals surface area contributed by atoms with E-state index >= 15 is 0 Å². The van der Waals surface area contributed by atoms with E-state index < -0.39 is 0 Å². The molecule has 2 N–H and O–H groups in total. The molecule has 1 aromatic rings. The maximum Gasteiger partial charge on any atom is 0.0143 e. The van der Waals surface area contributed by atoms with Gasteiger partial charge < -0.3 is 5.73 Å². The standard InChI is InChI=1S/C14H26S.C11H14.C2H5N/c1-12(2)13(3)10-15-11-14-8-6-4-5-7-9-14;1-4-10-5-7-11(8-6-10)9(2)3;1-2-3/h14H,4-11H2,1-3H3;5-8H,2,4H2,1,3H3;2H,1,3H2. The molecule has 0 heterocycles. The zero-order valence-electron chi connectivity index (χ0n) is 19.7. The maximum absolute atomic E-state index is 4.61. The summed E-state index contributed by atoms with van der Waals surface area (Å²) in [5, 5.41) is 0. The molecule has 0 unspecified atom stereocenters. The van der Waals surface area contributed by atoms with Crippen molar-refractivity contribution in [1.82, 2.24) is 0 Å². The summed E-state index contributed by atoms with van der Waals surface area (Å²) < 4.78 is 0. The summed E-state index contributed by atoms with van der Waals surface area (Å²) in [4.78, 5) is 0. The Balaban J connectivity index is 0.000000493. The second kappa shape index (κ2) is 17.4. The minimum absolute atomic E-state index is 1.02. The summed E-state index contributed by atoms with van der Waals surface area (Å²) in [6.07, 6.45) is 11.3. The minimum Gasteiger partial charge on any atom is -0.405 e. The molecule has 1 saturated carbocycles. The van der Waals surface area contributed by atoms with Crippen molar-refractivity contribution in [2.24, 2.45) is 11.7 Å². The Morgan fingerprint density at radius 1 is 1.03 bits per heavy atom. The van der Waals surface area contributed by atoms with Crippen LogP contribution in [0.5, 0.6) is 0 Å². The predicted molar refractivity (Wildman–Crippen MR) is 137 cm³/mol. The minimum atomic E-state index is 1.02. The van der Waals surface area contributed by atoms with E-state index in [1.807, 2.05) is 6.92 Å². The number of aryl methyl sites for hydroxylation is 1. The van der Waals surface area contributed by atoms with Gasteiger partial charge in [-0.05, 0) is 76.0 Å². The number of allylic oxidation sites excluding steroid dienone is 2. The molecule has 2 heteroatoms. The van der Waals surface area contributed by atoms with Gasteiger partial charge in [0.25, 0.3) is 0 Å². The van der Waals surface area contributed by atoms with Crippen LogP contribution in [0.25, 0.3) is 5.57 Å². The molecule has 164 valence electrons. The van der Waals surface area contributed by atoms with Gasteiger partial charge in [0.2, 0.25) is 0 Å². The lowest BCUT2D eigenvalue weighted by atomic mass is 10.0. The molecule has 0 aliphatic heterocycles. The smallest absolute Gasteiger partial charge is 0.0143 e. The number of rotatable bonds is 6. The molecule has 0 atom stereocenters. The molecule has 1 aromatic carbocycles. The topological polar surface area (TPSA) is 26.0 Å². The zero-order chi connectivity index (χ0) is 22.1. The van der Waals surface area contributed by atoms with Crippen LogP contribution in [0.4, 0.5) is 0 Å². The van der Waals surface area contributed by atoms with E-state index in [1.165, 1.54) is 72.9 Å². The lowest BCUT2D eigenvalue weighted by molar-refractivity contribution is 0.513. The van der Waals surface area contributed by atoms with E-state index in [1.54, 1.807) is 5.57 Å². The van der Waals surface area contributed by atoms with Gasteiger partial charge in [-0.15, -0.1) is 0 Å². The highest BCUT2D eigenvalue weighted by Crippen LogP contribution is 2.26. The third kappa shape index (κ3) is 14.3. The number of benzene rings is 1. The Morgan fingerprint density at radius 2 is 1.55 bits per heavy atom. The molecule has 2 rings (SSSR count). The normalized spacial score (nSPS) is 13.7. The summed E-state index contributed by atoms with van der Waals surface area (Å²) in [5.41, 5.74) is 11.4. The first-order chi connectivity index (χ1) is 13.8. The molecule has 1 fully saturated rings. The molecular weight excluding hydrogens is 370 g/mol. The van der Waals surface area contributed by atoms with Crippen molar-refractivity contribution in [1.29, 1.82) is 0 Å². The second-order valence-corrected chi connectivity index (χ2v) is 9.25. The fourth-order valence-electron chi connectivity index (χ4n) is 3.08. The Labute approximate surface area is 185 Å². The fourth-order valence-corrected chi connectivity index (χ4v) is 4.46. The molecule has 0 bridgehead atoms. The monoisotopic (exact) mass is 415 g/mol. The molecule has 0 spiro atoms. The first kappa shape index (κ1) is 27.6. The molecule has 0 saturated heterocycles. The van der Waals surface area contributed by atoms with E-state index in [-0.39, 0.29) is 0 Å². The first-order valence-corrected chi connectivity index (χ1v) is 12.3. The van der Waals surface area contributed by atoms with Gasteiger partial charge in [0.1, 0.15) is 0 Å². The second-order valence-electron chi connectivity index (χ2n) is 8.22. The summed E-state index contributed by atoms with van der Waals surface area (Å²) in [5.74, 6) is 3.66. The Morgan fingerprint density at radius 3 is 1.97 bits per heavy atom. The Hall–Kier alpha value is -1.41. The third-order valence-corrected chi connectivity index (χ3v) is 6.70. The molecule has 0 amide bonds. The average molecular weight is 416 g/mol. The lowest BCUT2D eigenvalue weighted by Gasteiger charge is -2.13. The van der Waals surface area contributed by atoms with Crippen LogP contribution >= 0.6 is 11.8 Å². The Bertz CT molecular complexity index is 585. The number of hydrogen-bond acceptors (Lipinski definition) is 2. The molecule has 1 aliphatic rings. The maximum atomic E-state index is 4.61. The molecule has 0 aromatic heterocycles. The van der Waals surface area contributed by atoms with Crippen LogP contribution in [-0.2, 0) is 6.42 Å². The molecule has 1 aliphatic carbocycles. The van der Waals surface area contributed by atoms with Crippen molar-refractivity contribution in [3.05, 3.63) is 65.9 Å². The van der Waals surface area contributed by atoms with Crippen molar-refractivity contribution in [3.63, 3.8) is 0 Å². The van der Waals surface area contributed by atoms with Crippen LogP contribution in [0.15, 0.2) is 54.8 Å². The quantitative estimate of drug-likeness (QED) is 0.372. The SMILES string of the molecule is C=C(C)c1ccc(CC)cc1.C=CN.CC(C)=C(C)CSCC1CCCCCC1. The summed E-state index contributed by atoms with van der Waals surface area (Å²) >= 11 is 2.15.